The highest BCUT2D eigenvalue weighted by molar-refractivity contribution is 5.87. The molecular formula is C8H9O2+. The third-order valence-corrected chi connectivity index (χ3v) is 1.40. The second-order valence-electron chi connectivity index (χ2n) is 2.33. The Balaban J connectivity index is 2.78. The smallest absolute Gasteiger partial charge is 0.335 e. The van der Waals surface area contributed by atoms with Crippen LogP contribution in [0.3, 0.4) is 0 Å². The van der Waals surface area contributed by atoms with Crippen LogP contribution in [-0.4, -0.2) is 11.1 Å². The topological polar surface area (TPSA) is 37.3 Å². The molecule has 0 fully saturated rings. The molecule has 0 atom stereocenters. The van der Waals surface area contributed by atoms with E-state index in [4.69, 9.17) is 5.11 Å². The second-order valence-corrected chi connectivity index (χ2v) is 2.33. The monoisotopic (exact) mass is 137 g/mol. The number of carboxylic acid groups (broad SMARTS) is 1. The van der Waals surface area contributed by atoms with Crippen LogP contribution < -0.4 is 0 Å². The maximum Gasteiger partial charge on any atom is 0.335 e. The minimum absolute atomic E-state index is 0.472. The fourth-order valence-electron chi connectivity index (χ4n) is 0.903. The molecule has 0 saturated carbocycles. The number of carbonyl (C=O) groups is 1. The third kappa shape index (κ3) is 1.41. The molecule has 0 saturated heterocycles. The van der Waals surface area contributed by atoms with Crippen LogP contribution in [0.25, 0.3) is 0 Å². The first-order valence-corrected chi connectivity index (χ1v) is 3.14. The molecule has 0 aromatic heterocycles. The molecule has 0 aromatic rings. The molecule has 1 N–H and O–H groups in total. The quantitative estimate of drug-likeness (QED) is 0.557. The van der Waals surface area contributed by atoms with E-state index in [-0.39, 0.29) is 0 Å². The van der Waals surface area contributed by atoms with Crippen molar-refractivity contribution in [3.63, 3.8) is 0 Å². The van der Waals surface area contributed by atoms with E-state index in [0.717, 1.165) is 5.57 Å². The first-order chi connectivity index (χ1) is 4.70. The summed E-state index contributed by atoms with van der Waals surface area (Å²) in [5.74, 6) is -0.816. The van der Waals surface area contributed by atoms with Crippen LogP contribution in [-0.2, 0) is 4.79 Å². The Labute approximate surface area is 59.9 Å². The summed E-state index contributed by atoms with van der Waals surface area (Å²) in [6, 6.07) is 0. The van der Waals surface area contributed by atoms with E-state index in [1.54, 1.807) is 6.08 Å². The van der Waals surface area contributed by atoms with Crippen molar-refractivity contribution in [2.24, 2.45) is 0 Å². The van der Waals surface area contributed by atoms with Gasteiger partial charge in [-0.1, -0.05) is 0 Å². The molecule has 1 aliphatic carbocycles. The molecule has 0 aliphatic heterocycles. The van der Waals surface area contributed by atoms with Crippen LogP contribution in [0.2, 0.25) is 0 Å². The summed E-state index contributed by atoms with van der Waals surface area (Å²) < 4.78 is 0. The van der Waals surface area contributed by atoms with Crippen molar-refractivity contribution in [3.8, 4) is 0 Å². The van der Waals surface area contributed by atoms with Gasteiger partial charge in [0.1, 0.15) is 0 Å². The predicted molar refractivity (Wildman–Crippen MR) is 38.4 cm³/mol. The standard InChI is InChI=1S/C8H8O2/c1-6-3-2-4-7(5-6)8(9)10/h2-3,5H,4H2,1H3/p+1. The van der Waals surface area contributed by atoms with Gasteiger partial charge in [-0.2, -0.15) is 0 Å². The predicted octanol–water partition coefficient (Wildman–Crippen LogP) is 1.55. The Hall–Kier alpha value is -1.18. The van der Waals surface area contributed by atoms with Crippen molar-refractivity contribution in [2.75, 3.05) is 0 Å². The van der Waals surface area contributed by atoms with E-state index in [1.165, 1.54) is 0 Å². The molecule has 0 unspecified atom stereocenters. The van der Waals surface area contributed by atoms with Gasteiger partial charge in [-0.3, -0.25) is 0 Å². The summed E-state index contributed by atoms with van der Waals surface area (Å²) in [4.78, 5) is 10.4. The lowest BCUT2D eigenvalue weighted by atomic mass is 10.0. The van der Waals surface area contributed by atoms with Crippen molar-refractivity contribution < 1.29 is 9.90 Å². The lowest BCUT2D eigenvalue weighted by molar-refractivity contribution is -0.132. The van der Waals surface area contributed by atoms with Gasteiger partial charge in [0.05, 0.1) is 23.6 Å². The van der Waals surface area contributed by atoms with Crippen LogP contribution in [0, 0.1) is 6.42 Å². The van der Waals surface area contributed by atoms with Crippen molar-refractivity contribution in [3.05, 3.63) is 29.7 Å². The zero-order chi connectivity index (χ0) is 7.56. The molecule has 2 nitrogen and oxygen atoms in total. The summed E-state index contributed by atoms with van der Waals surface area (Å²) in [7, 11) is 0. The zero-order valence-electron chi connectivity index (χ0n) is 5.79. The van der Waals surface area contributed by atoms with E-state index in [2.05, 4.69) is 0 Å². The van der Waals surface area contributed by atoms with Crippen molar-refractivity contribution in [2.45, 2.75) is 13.3 Å². The van der Waals surface area contributed by atoms with Gasteiger partial charge in [0.2, 0.25) is 0 Å². The highest BCUT2D eigenvalue weighted by Gasteiger charge is 2.15. The normalized spacial score (nSPS) is 16.9. The van der Waals surface area contributed by atoms with Crippen LogP contribution in [0.1, 0.15) is 13.3 Å². The Kier molecular flexibility index (Phi) is 1.81. The van der Waals surface area contributed by atoms with Crippen LogP contribution in [0.4, 0.5) is 0 Å². The van der Waals surface area contributed by atoms with Gasteiger partial charge in [-0.15, -0.1) is 0 Å². The number of carboxylic acids is 1. The van der Waals surface area contributed by atoms with Gasteiger partial charge in [0, 0.05) is 19.4 Å². The molecule has 52 valence electrons. The summed E-state index contributed by atoms with van der Waals surface area (Å²) >= 11 is 0. The third-order valence-electron chi connectivity index (χ3n) is 1.40. The van der Waals surface area contributed by atoms with E-state index in [1.807, 2.05) is 19.4 Å². The molecule has 0 heterocycles. The van der Waals surface area contributed by atoms with Crippen LogP contribution >= 0.6 is 0 Å². The fraction of sp³-hybridized carbons (Fsp3) is 0.250. The maximum atomic E-state index is 10.4. The first kappa shape index (κ1) is 6.93. The summed E-state index contributed by atoms with van der Waals surface area (Å²) in [6.07, 6.45) is 6.03. The lowest BCUT2D eigenvalue weighted by Crippen LogP contribution is -2.03. The Bertz CT molecular complexity index is 211. The van der Waals surface area contributed by atoms with E-state index in [9.17, 15) is 4.79 Å². The largest absolute Gasteiger partial charge is 0.478 e. The maximum absolute atomic E-state index is 10.4. The van der Waals surface area contributed by atoms with Crippen LogP contribution in [0.15, 0.2) is 23.3 Å². The molecular weight excluding hydrogens is 128 g/mol. The molecule has 0 radical (unpaired) electrons. The highest BCUT2D eigenvalue weighted by atomic mass is 16.4. The van der Waals surface area contributed by atoms with E-state index in [0.29, 0.717) is 12.0 Å². The Morgan fingerprint density at radius 3 is 2.90 bits per heavy atom. The number of hydrogen-bond acceptors (Lipinski definition) is 1. The van der Waals surface area contributed by atoms with Crippen molar-refractivity contribution >= 4 is 5.97 Å². The average molecular weight is 137 g/mol. The molecule has 0 spiro atoms. The molecule has 0 amide bonds. The molecule has 10 heavy (non-hydrogen) atoms. The van der Waals surface area contributed by atoms with E-state index < -0.39 is 5.97 Å². The first-order valence-electron chi connectivity index (χ1n) is 3.14. The molecule has 2 heteroatoms. The van der Waals surface area contributed by atoms with E-state index >= 15 is 0 Å². The van der Waals surface area contributed by atoms with Gasteiger partial charge in [0.25, 0.3) is 0 Å². The molecule has 0 aromatic carbocycles. The zero-order valence-corrected chi connectivity index (χ0v) is 5.79. The minimum Gasteiger partial charge on any atom is -0.478 e. The van der Waals surface area contributed by atoms with Gasteiger partial charge < -0.3 is 5.11 Å². The number of aliphatic carboxylic acids is 1. The number of rotatable bonds is 1. The number of hydrogen-bond donors (Lipinski definition) is 1. The second kappa shape index (κ2) is 2.60. The number of allylic oxidation sites excluding steroid dienone is 3. The Morgan fingerprint density at radius 1 is 1.80 bits per heavy atom. The van der Waals surface area contributed by atoms with Crippen LogP contribution in [0.5, 0.6) is 0 Å². The average Bonchev–Trinajstić information content (AvgIpc) is 1.88. The summed E-state index contributed by atoms with van der Waals surface area (Å²) in [6.45, 7) is 1.89. The lowest BCUT2D eigenvalue weighted by Gasteiger charge is -1.98. The van der Waals surface area contributed by atoms with Gasteiger partial charge in [-0.25, -0.2) is 4.79 Å². The minimum atomic E-state index is -0.816. The van der Waals surface area contributed by atoms with Crippen molar-refractivity contribution in [1.82, 2.24) is 0 Å². The van der Waals surface area contributed by atoms with Gasteiger partial charge >= 0.3 is 5.97 Å². The SMILES string of the molecule is CC1=C[CH+]CC(C(=O)O)=C1. The fourth-order valence-corrected chi connectivity index (χ4v) is 0.903. The van der Waals surface area contributed by atoms with Gasteiger partial charge in [0.15, 0.2) is 0 Å². The molecule has 1 rings (SSSR count). The highest BCUT2D eigenvalue weighted by Crippen LogP contribution is 2.15. The molecule has 0 bridgehead atoms. The summed E-state index contributed by atoms with van der Waals surface area (Å²) in [5.41, 5.74) is 1.48. The Morgan fingerprint density at radius 2 is 2.50 bits per heavy atom. The molecule has 1 aliphatic rings. The summed E-state index contributed by atoms with van der Waals surface area (Å²) in [5, 5.41) is 8.54. The van der Waals surface area contributed by atoms with Gasteiger partial charge in [-0.05, 0) is 0 Å². The van der Waals surface area contributed by atoms with Crippen molar-refractivity contribution in [1.29, 1.82) is 0 Å².